The lowest BCUT2D eigenvalue weighted by Gasteiger charge is -2.22. The van der Waals surface area contributed by atoms with Gasteiger partial charge in [0.2, 0.25) is 10.0 Å². The van der Waals surface area contributed by atoms with E-state index in [0.717, 1.165) is 29.9 Å². The highest BCUT2D eigenvalue weighted by molar-refractivity contribution is 7.99. The molecule has 1 aliphatic rings. The lowest BCUT2D eigenvalue weighted by Crippen LogP contribution is -2.37. The fraction of sp³-hybridized carbons (Fsp3) is 0.538. The quantitative estimate of drug-likeness (QED) is 0.867. The molecule has 1 aliphatic heterocycles. The smallest absolute Gasteiger partial charge is 0.240 e. The van der Waals surface area contributed by atoms with Crippen LogP contribution in [-0.2, 0) is 16.6 Å². The van der Waals surface area contributed by atoms with Crippen molar-refractivity contribution < 1.29 is 8.42 Å². The lowest BCUT2D eigenvalue weighted by molar-refractivity contribution is 0.528. The first-order valence-corrected chi connectivity index (χ1v) is 9.09. The number of sulfonamides is 1. The number of nitrogens with one attached hydrogen (secondary N) is 2. The molecule has 6 heteroatoms. The molecule has 1 saturated heterocycles. The average Bonchev–Trinajstić information content (AvgIpc) is 2.40. The van der Waals surface area contributed by atoms with Crippen LogP contribution >= 0.6 is 11.8 Å². The molecule has 0 bridgehead atoms. The van der Waals surface area contributed by atoms with E-state index in [1.165, 1.54) is 0 Å². The van der Waals surface area contributed by atoms with Crippen LogP contribution in [0, 0.1) is 0 Å². The molecule has 0 aromatic heterocycles. The normalized spacial score (nSPS) is 17.5. The van der Waals surface area contributed by atoms with Gasteiger partial charge in [0.1, 0.15) is 0 Å². The molecule has 2 rings (SSSR count). The molecule has 2 N–H and O–H groups in total. The van der Waals surface area contributed by atoms with Crippen LogP contribution in [0.2, 0.25) is 0 Å². The third-order valence-electron chi connectivity index (χ3n) is 3.13. The van der Waals surface area contributed by atoms with E-state index in [9.17, 15) is 8.42 Å². The van der Waals surface area contributed by atoms with Crippen LogP contribution in [0.1, 0.15) is 18.4 Å². The van der Waals surface area contributed by atoms with Crippen LogP contribution in [0.4, 0.5) is 0 Å². The fourth-order valence-electron chi connectivity index (χ4n) is 2.13. The highest BCUT2D eigenvalue weighted by Gasteiger charge is 2.21. The zero-order chi connectivity index (χ0) is 13.7. The van der Waals surface area contributed by atoms with Crippen LogP contribution in [0.25, 0.3) is 0 Å². The zero-order valence-corrected chi connectivity index (χ0v) is 12.7. The first kappa shape index (κ1) is 14.8. The summed E-state index contributed by atoms with van der Waals surface area (Å²) in [5.74, 6) is 2.07. The van der Waals surface area contributed by atoms with Gasteiger partial charge in [-0.2, -0.15) is 11.8 Å². The van der Waals surface area contributed by atoms with Gasteiger partial charge in [-0.15, -0.1) is 0 Å². The van der Waals surface area contributed by atoms with E-state index in [0.29, 0.717) is 11.4 Å². The molecule has 0 amide bonds. The summed E-state index contributed by atoms with van der Waals surface area (Å²) in [4.78, 5) is 0.360. The van der Waals surface area contributed by atoms with Gasteiger partial charge in [-0.3, -0.25) is 0 Å². The van der Waals surface area contributed by atoms with E-state index >= 15 is 0 Å². The largest absolute Gasteiger partial charge is 0.316 e. The molecule has 1 heterocycles. The van der Waals surface area contributed by atoms with Gasteiger partial charge >= 0.3 is 0 Å². The number of rotatable bonds is 5. The fourth-order valence-corrected chi connectivity index (χ4v) is 4.61. The molecule has 0 aliphatic carbocycles. The predicted molar refractivity (Wildman–Crippen MR) is 79.9 cm³/mol. The van der Waals surface area contributed by atoms with Gasteiger partial charge in [0.15, 0.2) is 0 Å². The second kappa shape index (κ2) is 6.74. The molecule has 0 saturated carbocycles. The number of hydrogen-bond donors (Lipinski definition) is 2. The van der Waals surface area contributed by atoms with Gasteiger partial charge in [0.05, 0.1) is 4.90 Å². The summed E-state index contributed by atoms with van der Waals surface area (Å²) in [5.41, 5.74) is 0.976. The minimum absolute atomic E-state index is 0.0826. The van der Waals surface area contributed by atoms with Gasteiger partial charge in [-0.25, -0.2) is 13.1 Å². The van der Waals surface area contributed by atoms with Crippen molar-refractivity contribution in [1.29, 1.82) is 0 Å². The molecule has 1 fully saturated rings. The second-order valence-electron chi connectivity index (χ2n) is 4.69. The van der Waals surface area contributed by atoms with Crippen LogP contribution in [0.3, 0.4) is 0 Å². The maximum absolute atomic E-state index is 12.3. The second-order valence-corrected chi connectivity index (χ2v) is 7.62. The Balaban J connectivity index is 2.11. The van der Waals surface area contributed by atoms with Gasteiger partial charge in [0.25, 0.3) is 0 Å². The van der Waals surface area contributed by atoms with Crippen molar-refractivity contribution in [2.75, 3.05) is 18.6 Å². The minimum atomic E-state index is -3.39. The van der Waals surface area contributed by atoms with Gasteiger partial charge in [-0.1, -0.05) is 12.1 Å². The van der Waals surface area contributed by atoms with Crippen molar-refractivity contribution >= 4 is 21.8 Å². The van der Waals surface area contributed by atoms with Crippen molar-refractivity contribution in [1.82, 2.24) is 10.0 Å². The van der Waals surface area contributed by atoms with Crippen LogP contribution in [0.15, 0.2) is 29.2 Å². The topological polar surface area (TPSA) is 58.2 Å². The van der Waals surface area contributed by atoms with Crippen molar-refractivity contribution in [3.8, 4) is 0 Å². The molecule has 0 radical (unpaired) electrons. The minimum Gasteiger partial charge on any atom is -0.316 e. The maximum atomic E-state index is 12.3. The Morgan fingerprint density at radius 2 is 2.05 bits per heavy atom. The Bertz CT molecular complexity index is 511. The molecular formula is C13H20N2O2S2. The summed E-state index contributed by atoms with van der Waals surface area (Å²) >= 11 is 1.89. The summed E-state index contributed by atoms with van der Waals surface area (Å²) in [6.45, 7) is 0.670. The van der Waals surface area contributed by atoms with E-state index < -0.39 is 10.0 Å². The highest BCUT2D eigenvalue weighted by Crippen LogP contribution is 2.19. The SMILES string of the molecule is CNCc1cccc(S(=O)(=O)NC2CCSCC2)c1. The molecule has 106 valence electrons. The molecule has 0 spiro atoms. The van der Waals surface area contributed by atoms with Crippen molar-refractivity contribution in [3.05, 3.63) is 29.8 Å². The Hall–Kier alpha value is -0.560. The van der Waals surface area contributed by atoms with Gasteiger partial charge in [-0.05, 0) is 49.1 Å². The van der Waals surface area contributed by atoms with Crippen LogP contribution in [-0.4, -0.2) is 33.0 Å². The van der Waals surface area contributed by atoms with Crippen LogP contribution in [0.5, 0.6) is 0 Å². The van der Waals surface area contributed by atoms with Crippen molar-refractivity contribution in [2.24, 2.45) is 0 Å². The summed E-state index contributed by atoms with van der Waals surface area (Å²) < 4.78 is 27.5. The van der Waals surface area contributed by atoms with Crippen molar-refractivity contribution in [2.45, 2.75) is 30.3 Å². The Morgan fingerprint density at radius 1 is 1.32 bits per heavy atom. The Kier molecular flexibility index (Phi) is 5.27. The summed E-state index contributed by atoms with van der Waals surface area (Å²) in [7, 11) is -1.54. The molecule has 0 unspecified atom stereocenters. The standard InChI is InChI=1S/C13H20N2O2S2/c1-14-10-11-3-2-4-13(9-11)19(16,17)15-12-5-7-18-8-6-12/h2-4,9,12,14-15H,5-8,10H2,1H3. The highest BCUT2D eigenvalue weighted by atomic mass is 32.2. The maximum Gasteiger partial charge on any atom is 0.240 e. The number of thioether (sulfide) groups is 1. The lowest BCUT2D eigenvalue weighted by atomic mass is 10.2. The molecular weight excluding hydrogens is 280 g/mol. The average molecular weight is 300 g/mol. The summed E-state index contributed by atoms with van der Waals surface area (Å²) in [6.07, 6.45) is 1.83. The first-order chi connectivity index (χ1) is 9.12. The van der Waals surface area contributed by atoms with E-state index in [2.05, 4.69) is 10.0 Å². The predicted octanol–water partition coefficient (Wildman–Crippen LogP) is 1.58. The molecule has 0 atom stereocenters. The van der Waals surface area contributed by atoms with E-state index in [1.807, 2.05) is 24.9 Å². The van der Waals surface area contributed by atoms with Gasteiger partial charge in [0, 0.05) is 12.6 Å². The number of hydrogen-bond acceptors (Lipinski definition) is 4. The van der Waals surface area contributed by atoms with E-state index in [4.69, 9.17) is 0 Å². The van der Waals surface area contributed by atoms with Gasteiger partial charge < -0.3 is 5.32 Å². The van der Waals surface area contributed by atoms with E-state index in [-0.39, 0.29) is 6.04 Å². The summed E-state index contributed by atoms with van der Waals surface area (Å²) in [6, 6.07) is 7.18. The summed E-state index contributed by atoms with van der Waals surface area (Å²) in [5, 5.41) is 3.03. The zero-order valence-electron chi connectivity index (χ0n) is 11.1. The molecule has 19 heavy (non-hydrogen) atoms. The first-order valence-electron chi connectivity index (χ1n) is 6.45. The van der Waals surface area contributed by atoms with Crippen LogP contribution < -0.4 is 10.0 Å². The molecule has 4 nitrogen and oxygen atoms in total. The van der Waals surface area contributed by atoms with Crippen molar-refractivity contribution in [3.63, 3.8) is 0 Å². The third-order valence-corrected chi connectivity index (χ3v) is 5.70. The molecule has 1 aromatic rings. The Morgan fingerprint density at radius 3 is 2.74 bits per heavy atom. The molecule has 1 aromatic carbocycles. The van der Waals surface area contributed by atoms with E-state index in [1.54, 1.807) is 18.2 Å². The monoisotopic (exact) mass is 300 g/mol. The third kappa shape index (κ3) is 4.21. The Labute approximate surface area is 119 Å². The number of benzene rings is 1.